The van der Waals surface area contributed by atoms with E-state index in [9.17, 15) is 4.79 Å². The molecule has 4 heteroatoms. The van der Waals surface area contributed by atoms with Crippen LogP contribution in [0.4, 0.5) is 0 Å². The molecule has 1 amide bonds. The first-order valence-electron chi connectivity index (χ1n) is 5.45. The molecule has 0 saturated carbocycles. The van der Waals surface area contributed by atoms with E-state index in [0.717, 1.165) is 5.56 Å². The molecule has 0 spiro atoms. The minimum absolute atomic E-state index is 0.106. The molecule has 1 aromatic carbocycles. The lowest BCUT2D eigenvalue weighted by Gasteiger charge is -2.21. The van der Waals surface area contributed by atoms with Crippen molar-refractivity contribution in [1.82, 2.24) is 5.32 Å². The molecule has 17 heavy (non-hydrogen) atoms. The van der Waals surface area contributed by atoms with Gasteiger partial charge in [0.1, 0.15) is 0 Å². The van der Waals surface area contributed by atoms with Gasteiger partial charge in [-0.05, 0) is 36.1 Å². The topological polar surface area (TPSA) is 29.1 Å². The normalized spacial score (nSPS) is 11.4. The standard InChI is InChI=1S/C13H17Cl2NO/c1-9-4-10(6-11(15)5-9)12(17)16-8-13(2,3)7-14/h4-6H,7-8H2,1-3H3,(H,16,17). The lowest BCUT2D eigenvalue weighted by molar-refractivity contribution is 0.0940. The van der Waals surface area contributed by atoms with Crippen LogP contribution in [0.5, 0.6) is 0 Å². The summed E-state index contributed by atoms with van der Waals surface area (Å²) in [5.74, 6) is 0.385. The molecule has 94 valence electrons. The summed E-state index contributed by atoms with van der Waals surface area (Å²) in [5.41, 5.74) is 1.45. The Bertz CT molecular complexity index is 396. The van der Waals surface area contributed by atoms with E-state index in [-0.39, 0.29) is 11.3 Å². The van der Waals surface area contributed by atoms with Gasteiger partial charge in [-0.3, -0.25) is 4.79 Å². The van der Waals surface area contributed by atoms with Crippen molar-refractivity contribution in [1.29, 1.82) is 0 Å². The highest BCUT2D eigenvalue weighted by atomic mass is 35.5. The van der Waals surface area contributed by atoms with Crippen LogP contribution >= 0.6 is 23.2 Å². The highest BCUT2D eigenvalue weighted by Gasteiger charge is 2.18. The van der Waals surface area contributed by atoms with Crippen LogP contribution in [0.1, 0.15) is 29.8 Å². The van der Waals surface area contributed by atoms with Gasteiger partial charge in [0, 0.05) is 23.0 Å². The molecular formula is C13H17Cl2NO. The maximum Gasteiger partial charge on any atom is 0.251 e. The quantitative estimate of drug-likeness (QED) is 0.834. The van der Waals surface area contributed by atoms with Crippen LogP contribution in [-0.4, -0.2) is 18.3 Å². The van der Waals surface area contributed by atoms with Crippen LogP contribution < -0.4 is 5.32 Å². The van der Waals surface area contributed by atoms with Gasteiger partial charge < -0.3 is 5.32 Å². The fraction of sp³-hybridized carbons (Fsp3) is 0.462. The van der Waals surface area contributed by atoms with Crippen LogP contribution in [0.2, 0.25) is 5.02 Å². The van der Waals surface area contributed by atoms with Crippen molar-refractivity contribution < 1.29 is 4.79 Å². The predicted molar refractivity (Wildman–Crippen MR) is 73.0 cm³/mol. The molecule has 0 heterocycles. The molecule has 1 rings (SSSR count). The number of benzene rings is 1. The number of aryl methyl sites for hydroxylation is 1. The number of halogens is 2. The lowest BCUT2D eigenvalue weighted by Crippen LogP contribution is -2.35. The fourth-order valence-corrected chi connectivity index (χ4v) is 1.72. The average Bonchev–Trinajstić information content (AvgIpc) is 2.24. The summed E-state index contributed by atoms with van der Waals surface area (Å²) in [6.45, 7) is 6.46. The number of carbonyl (C=O) groups is 1. The Morgan fingerprint density at radius 1 is 1.35 bits per heavy atom. The van der Waals surface area contributed by atoms with E-state index in [1.165, 1.54) is 0 Å². The lowest BCUT2D eigenvalue weighted by atomic mass is 9.96. The number of carbonyl (C=O) groups excluding carboxylic acids is 1. The zero-order valence-corrected chi connectivity index (χ0v) is 11.8. The first-order chi connectivity index (χ1) is 7.84. The first kappa shape index (κ1) is 14.3. The Kier molecular flexibility index (Phi) is 4.84. The maximum absolute atomic E-state index is 11.9. The average molecular weight is 274 g/mol. The Labute approximate surface area is 112 Å². The van der Waals surface area contributed by atoms with Crippen LogP contribution in [0.15, 0.2) is 18.2 Å². The summed E-state index contributed by atoms with van der Waals surface area (Å²) in [6.07, 6.45) is 0. The second-order valence-electron chi connectivity index (χ2n) is 5.00. The Morgan fingerprint density at radius 2 is 2.00 bits per heavy atom. The zero-order valence-electron chi connectivity index (χ0n) is 10.3. The Hall–Kier alpha value is -0.730. The molecule has 0 aromatic heterocycles. The van der Waals surface area contributed by atoms with Gasteiger partial charge in [-0.25, -0.2) is 0 Å². The van der Waals surface area contributed by atoms with E-state index in [1.54, 1.807) is 6.07 Å². The smallest absolute Gasteiger partial charge is 0.251 e. The predicted octanol–water partition coefficient (Wildman–Crippen LogP) is 3.64. The summed E-state index contributed by atoms with van der Waals surface area (Å²) in [6, 6.07) is 5.30. The minimum Gasteiger partial charge on any atom is -0.351 e. The fourth-order valence-electron chi connectivity index (χ4n) is 1.34. The number of amides is 1. The molecule has 0 unspecified atom stereocenters. The summed E-state index contributed by atoms with van der Waals surface area (Å²) in [5, 5.41) is 3.44. The molecule has 0 saturated heterocycles. The molecule has 0 aliphatic carbocycles. The zero-order chi connectivity index (χ0) is 13.1. The molecule has 1 aromatic rings. The third-order valence-corrected chi connectivity index (χ3v) is 3.34. The third-order valence-electron chi connectivity index (χ3n) is 2.39. The molecule has 1 N–H and O–H groups in total. The Balaban J connectivity index is 2.70. The molecule has 0 fully saturated rings. The van der Waals surface area contributed by atoms with Gasteiger partial charge in [0.15, 0.2) is 0 Å². The van der Waals surface area contributed by atoms with Crippen molar-refractivity contribution in [2.45, 2.75) is 20.8 Å². The minimum atomic E-state index is -0.117. The summed E-state index contributed by atoms with van der Waals surface area (Å²) in [7, 11) is 0. The van der Waals surface area contributed by atoms with Crippen molar-refractivity contribution >= 4 is 29.1 Å². The third kappa shape index (κ3) is 4.57. The van der Waals surface area contributed by atoms with Crippen molar-refractivity contribution in [2.24, 2.45) is 5.41 Å². The van der Waals surface area contributed by atoms with E-state index in [0.29, 0.717) is 23.0 Å². The second kappa shape index (κ2) is 5.74. The first-order valence-corrected chi connectivity index (χ1v) is 6.37. The largest absolute Gasteiger partial charge is 0.351 e. The van der Waals surface area contributed by atoms with Gasteiger partial charge in [0.05, 0.1) is 0 Å². The summed E-state index contributed by atoms with van der Waals surface area (Å²) < 4.78 is 0. The van der Waals surface area contributed by atoms with Crippen molar-refractivity contribution in [3.63, 3.8) is 0 Å². The highest BCUT2D eigenvalue weighted by Crippen LogP contribution is 2.17. The second-order valence-corrected chi connectivity index (χ2v) is 5.70. The van der Waals surface area contributed by atoms with Gasteiger partial charge in [-0.1, -0.05) is 25.4 Å². The highest BCUT2D eigenvalue weighted by molar-refractivity contribution is 6.31. The van der Waals surface area contributed by atoms with E-state index < -0.39 is 0 Å². The van der Waals surface area contributed by atoms with E-state index >= 15 is 0 Å². The van der Waals surface area contributed by atoms with Gasteiger partial charge >= 0.3 is 0 Å². The number of alkyl halides is 1. The van der Waals surface area contributed by atoms with Gasteiger partial charge in [0.2, 0.25) is 0 Å². The summed E-state index contributed by atoms with van der Waals surface area (Å²) in [4.78, 5) is 11.9. The van der Waals surface area contributed by atoms with E-state index in [2.05, 4.69) is 5.32 Å². The van der Waals surface area contributed by atoms with Crippen molar-refractivity contribution in [3.05, 3.63) is 34.3 Å². The van der Waals surface area contributed by atoms with E-state index in [1.807, 2.05) is 32.9 Å². The summed E-state index contributed by atoms with van der Waals surface area (Å²) >= 11 is 11.7. The van der Waals surface area contributed by atoms with Gasteiger partial charge in [0.25, 0.3) is 5.91 Å². The number of hydrogen-bond donors (Lipinski definition) is 1. The molecule has 0 radical (unpaired) electrons. The van der Waals surface area contributed by atoms with Crippen molar-refractivity contribution in [3.8, 4) is 0 Å². The van der Waals surface area contributed by atoms with Gasteiger partial charge in [-0.2, -0.15) is 0 Å². The van der Waals surface area contributed by atoms with Crippen LogP contribution in [0.25, 0.3) is 0 Å². The Morgan fingerprint density at radius 3 is 2.53 bits per heavy atom. The van der Waals surface area contributed by atoms with Crippen LogP contribution in [-0.2, 0) is 0 Å². The van der Waals surface area contributed by atoms with Crippen molar-refractivity contribution in [2.75, 3.05) is 12.4 Å². The van der Waals surface area contributed by atoms with Gasteiger partial charge in [-0.15, -0.1) is 11.6 Å². The molecule has 2 nitrogen and oxygen atoms in total. The van der Waals surface area contributed by atoms with Crippen LogP contribution in [0.3, 0.4) is 0 Å². The molecule has 0 aliphatic rings. The molecule has 0 atom stereocenters. The molecule has 0 aliphatic heterocycles. The number of rotatable bonds is 4. The van der Waals surface area contributed by atoms with E-state index in [4.69, 9.17) is 23.2 Å². The molecule has 0 bridgehead atoms. The van der Waals surface area contributed by atoms with Crippen LogP contribution in [0, 0.1) is 12.3 Å². The monoisotopic (exact) mass is 273 g/mol. The number of hydrogen-bond acceptors (Lipinski definition) is 1. The number of nitrogens with one attached hydrogen (secondary N) is 1. The molecular weight excluding hydrogens is 257 g/mol. The maximum atomic E-state index is 11.9. The SMILES string of the molecule is Cc1cc(Cl)cc(C(=O)NCC(C)(C)CCl)c1.